The van der Waals surface area contributed by atoms with Crippen LogP contribution in [-0.4, -0.2) is 0 Å². The van der Waals surface area contributed by atoms with Gasteiger partial charge in [-0.3, -0.25) is 0 Å². The molecule has 1 aliphatic rings. The fourth-order valence-corrected chi connectivity index (χ4v) is 7.84. The highest BCUT2D eigenvalue weighted by molar-refractivity contribution is 7.19. The SMILES string of the molecule is c1ccc(CCCc2cc3cc4c(cc3s2)-c2cc3cc(CCCc5ccccc5)sc3cc2-4)cc1. The maximum absolute atomic E-state index is 2.44. The summed E-state index contributed by atoms with van der Waals surface area (Å²) in [5.41, 5.74) is 8.63. The lowest BCUT2D eigenvalue weighted by Crippen LogP contribution is -1.97. The number of benzene rings is 4. The Morgan fingerprint density at radius 3 is 1.28 bits per heavy atom. The van der Waals surface area contributed by atoms with Crippen molar-refractivity contribution in [1.82, 2.24) is 0 Å². The van der Waals surface area contributed by atoms with Crippen LogP contribution in [0.4, 0.5) is 0 Å². The summed E-state index contributed by atoms with van der Waals surface area (Å²) < 4.78 is 2.86. The van der Waals surface area contributed by atoms with Gasteiger partial charge in [-0.15, -0.1) is 22.7 Å². The number of hydrogen-bond acceptors (Lipinski definition) is 2. The largest absolute Gasteiger partial charge is 0.140 e. The normalized spacial score (nSPS) is 12.0. The molecule has 0 saturated carbocycles. The van der Waals surface area contributed by atoms with Crippen molar-refractivity contribution in [2.75, 3.05) is 0 Å². The van der Waals surface area contributed by atoms with Gasteiger partial charge in [0.2, 0.25) is 0 Å². The first-order valence-corrected chi connectivity index (χ1v) is 14.6. The Morgan fingerprint density at radius 2 is 0.833 bits per heavy atom. The van der Waals surface area contributed by atoms with Gasteiger partial charge in [0.1, 0.15) is 0 Å². The molecule has 36 heavy (non-hydrogen) atoms. The lowest BCUT2D eigenvalue weighted by molar-refractivity contribution is 0.831. The van der Waals surface area contributed by atoms with Crippen molar-refractivity contribution < 1.29 is 0 Å². The average Bonchev–Trinajstić information content (AvgIpc) is 3.50. The molecule has 4 aromatic carbocycles. The fraction of sp³-hybridized carbons (Fsp3) is 0.176. The highest BCUT2D eigenvalue weighted by Crippen LogP contribution is 2.52. The Labute approximate surface area is 220 Å². The van der Waals surface area contributed by atoms with Gasteiger partial charge < -0.3 is 0 Å². The van der Waals surface area contributed by atoms with Crippen LogP contribution in [0.25, 0.3) is 42.4 Å². The maximum atomic E-state index is 2.44. The molecular weight excluding hydrogens is 473 g/mol. The molecule has 0 fully saturated rings. The van der Waals surface area contributed by atoms with Crippen molar-refractivity contribution in [1.29, 1.82) is 0 Å². The molecule has 0 unspecified atom stereocenters. The van der Waals surface area contributed by atoms with E-state index in [0.717, 1.165) is 25.7 Å². The molecule has 0 atom stereocenters. The number of fused-ring (bicyclic) bond motifs is 6. The van der Waals surface area contributed by atoms with E-state index in [0.29, 0.717) is 0 Å². The van der Waals surface area contributed by atoms with Crippen LogP contribution in [0, 0.1) is 0 Å². The summed E-state index contributed by atoms with van der Waals surface area (Å²) in [6, 6.07) is 36.3. The van der Waals surface area contributed by atoms with Crippen molar-refractivity contribution in [2.45, 2.75) is 38.5 Å². The van der Waals surface area contributed by atoms with Gasteiger partial charge in [-0.25, -0.2) is 0 Å². The number of rotatable bonds is 8. The van der Waals surface area contributed by atoms with Crippen molar-refractivity contribution >= 4 is 42.8 Å². The molecule has 0 N–H and O–H groups in total. The predicted molar refractivity (Wildman–Crippen MR) is 159 cm³/mol. The van der Waals surface area contributed by atoms with Crippen LogP contribution in [0.2, 0.25) is 0 Å². The fourth-order valence-electron chi connectivity index (χ4n) is 5.58. The molecule has 1 aliphatic carbocycles. The van der Waals surface area contributed by atoms with Crippen LogP contribution >= 0.6 is 22.7 Å². The summed E-state index contributed by atoms with van der Waals surface area (Å²) in [7, 11) is 0. The summed E-state index contributed by atoms with van der Waals surface area (Å²) in [5, 5.41) is 2.82. The monoisotopic (exact) mass is 500 g/mol. The van der Waals surface area contributed by atoms with Crippen LogP contribution < -0.4 is 0 Å². The second kappa shape index (κ2) is 9.35. The molecular formula is C34H28S2. The molecule has 0 spiro atoms. The topological polar surface area (TPSA) is 0 Å². The molecule has 0 aliphatic heterocycles. The summed E-state index contributed by atoms with van der Waals surface area (Å²) in [6.45, 7) is 0. The third-order valence-corrected chi connectivity index (χ3v) is 9.77. The van der Waals surface area contributed by atoms with E-state index in [9.17, 15) is 0 Å². The number of thiophene rings is 2. The molecule has 2 heteroatoms. The van der Waals surface area contributed by atoms with E-state index in [4.69, 9.17) is 0 Å². The quantitative estimate of drug-likeness (QED) is 0.195. The van der Waals surface area contributed by atoms with Crippen molar-refractivity contribution in [3.63, 3.8) is 0 Å². The van der Waals surface area contributed by atoms with E-state index in [1.54, 1.807) is 0 Å². The standard InChI is InChI=1S/C34H28S2/c1-3-9-23(10-4-1)13-7-15-27-17-25-19-29-31(21-33(25)35-27)30-20-26-18-28(36-34(26)22-32(29)30)16-8-14-24-11-5-2-6-12-24/h1-6,9-12,17-22H,7-8,13-16H2. The van der Waals surface area contributed by atoms with Gasteiger partial charge in [-0.1, -0.05) is 60.7 Å². The second-order valence-electron chi connectivity index (χ2n) is 9.97. The van der Waals surface area contributed by atoms with Gasteiger partial charge in [-0.2, -0.15) is 0 Å². The predicted octanol–water partition coefficient (Wildman–Crippen LogP) is 10.1. The number of aryl methyl sites for hydroxylation is 4. The zero-order valence-electron chi connectivity index (χ0n) is 20.3. The Morgan fingerprint density at radius 1 is 0.417 bits per heavy atom. The third-order valence-electron chi connectivity index (χ3n) is 7.46. The van der Waals surface area contributed by atoms with E-state index in [1.165, 1.54) is 76.1 Å². The zero-order chi connectivity index (χ0) is 23.9. The highest BCUT2D eigenvalue weighted by atomic mass is 32.1. The van der Waals surface area contributed by atoms with E-state index < -0.39 is 0 Å². The lowest BCUT2D eigenvalue weighted by Gasteiger charge is -2.24. The van der Waals surface area contributed by atoms with Gasteiger partial charge in [0.05, 0.1) is 0 Å². The van der Waals surface area contributed by atoms with Crippen LogP contribution in [-0.2, 0) is 25.7 Å². The van der Waals surface area contributed by atoms with E-state index >= 15 is 0 Å². The zero-order valence-corrected chi connectivity index (χ0v) is 21.9. The van der Waals surface area contributed by atoms with Crippen LogP contribution in [0.1, 0.15) is 33.7 Å². The Bertz CT molecular complexity index is 1450. The Hall–Kier alpha value is -3.20. The molecule has 0 bridgehead atoms. The van der Waals surface area contributed by atoms with Gasteiger partial charge >= 0.3 is 0 Å². The number of hydrogen-bond donors (Lipinski definition) is 0. The third kappa shape index (κ3) is 4.19. The molecule has 176 valence electrons. The van der Waals surface area contributed by atoms with Gasteiger partial charge in [0.15, 0.2) is 0 Å². The van der Waals surface area contributed by atoms with Crippen molar-refractivity contribution in [3.05, 3.63) is 118 Å². The first kappa shape index (κ1) is 22.0. The summed E-state index contributed by atoms with van der Waals surface area (Å²) in [4.78, 5) is 3.02. The summed E-state index contributed by atoms with van der Waals surface area (Å²) in [6.07, 6.45) is 7.05. The Kier molecular flexibility index (Phi) is 5.72. The molecule has 2 aromatic heterocycles. The van der Waals surface area contributed by atoms with Gasteiger partial charge in [-0.05, 0) is 119 Å². The Balaban J connectivity index is 1.07. The van der Waals surface area contributed by atoms with E-state index in [1.807, 2.05) is 22.7 Å². The summed E-state index contributed by atoms with van der Waals surface area (Å²) in [5.74, 6) is 0. The smallest absolute Gasteiger partial charge is 0.0352 e. The van der Waals surface area contributed by atoms with Gasteiger partial charge in [0.25, 0.3) is 0 Å². The molecule has 2 heterocycles. The first-order valence-electron chi connectivity index (χ1n) is 13.0. The second-order valence-corrected chi connectivity index (χ2v) is 12.3. The molecule has 0 saturated heterocycles. The van der Waals surface area contributed by atoms with Gasteiger partial charge in [0, 0.05) is 19.2 Å². The minimum atomic E-state index is 1.15. The highest BCUT2D eigenvalue weighted by Gasteiger charge is 2.24. The van der Waals surface area contributed by atoms with Crippen molar-refractivity contribution in [3.8, 4) is 22.3 Å². The van der Waals surface area contributed by atoms with Crippen LogP contribution in [0.3, 0.4) is 0 Å². The minimum Gasteiger partial charge on any atom is -0.140 e. The van der Waals surface area contributed by atoms with Crippen LogP contribution in [0.5, 0.6) is 0 Å². The minimum absolute atomic E-state index is 1.15. The summed E-state index contributed by atoms with van der Waals surface area (Å²) >= 11 is 3.96. The maximum Gasteiger partial charge on any atom is 0.0352 e. The molecule has 7 rings (SSSR count). The first-order chi connectivity index (χ1) is 17.8. The van der Waals surface area contributed by atoms with Crippen molar-refractivity contribution in [2.24, 2.45) is 0 Å². The van der Waals surface area contributed by atoms with E-state index in [2.05, 4.69) is 97.1 Å². The molecule has 0 nitrogen and oxygen atoms in total. The molecule has 0 amide bonds. The average molecular weight is 501 g/mol. The lowest BCUT2D eigenvalue weighted by atomic mass is 9.79. The van der Waals surface area contributed by atoms with E-state index in [-0.39, 0.29) is 0 Å². The van der Waals surface area contributed by atoms with Crippen LogP contribution in [0.15, 0.2) is 97.1 Å². The molecule has 6 aromatic rings. The molecule has 0 radical (unpaired) electrons.